The summed E-state index contributed by atoms with van der Waals surface area (Å²) in [6, 6.07) is 2.07. The fraction of sp³-hybridized carbons (Fsp3) is 0.417. The van der Waals surface area contributed by atoms with Crippen LogP contribution < -0.4 is 10.6 Å². The molecule has 0 unspecified atom stereocenters. The number of carbonyl (C=O) groups is 1. The number of nitrogens with one attached hydrogen (secondary N) is 3. The first-order valence-corrected chi connectivity index (χ1v) is 6.13. The molecule has 1 fully saturated rings. The van der Waals surface area contributed by atoms with Crippen molar-refractivity contribution in [2.75, 3.05) is 13.1 Å². The number of piperidine rings is 1. The van der Waals surface area contributed by atoms with Gasteiger partial charge in [-0.3, -0.25) is 9.89 Å². The van der Waals surface area contributed by atoms with Gasteiger partial charge in [0, 0.05) is 17.6 Å². The van der Waals surface area contributed by atoms with Gasteiger partial charge in [0.05, 0.1) is 11.8 Å². The van der Waals surface area contributed by atoms with E-state index in [0.29, 0.717) is 11.2 Å². The number of nitrogens with zero attached hydrogens (tertiary/aromatic N) is 2. The van der Waals surface area contributed by atoms with Crippen LogP contribution in [0.1, 0.15) is 23.2 Å². The molecule has 2 aromatic heterocycles. The van der Waals surface area contributed by atoms with Crippen molar-refractivity contribution in [2.24, 2.45) is 0 Å². The third-order valence-corrected chi connectivity index (χ3v) is 3.23. The molecule has 1 aliphatic heterocycles. The molecule has 3 rings (SSSR count). The molecule has 18 heavy (non-hydrogen) atoms. The molecule has 0 atom stereocenters. The highest BCUT2D eigenvalue weighted by atomic mass is 16.1. The summed E-state index contributed by atoms with van der Waals surface area (Å²) < 4.78 is 0. The Bertz CT molecular complexity index is 558. The molecule has 6 heteroatoms. The van der Waals surface area contributed by atoms with Crippen LogP contribution in [0.3, 0.4) is 0 Å². The van der Waals surface area contributed by atoms with Crippen LogP contribution in [0.5, 0.6) is 0 Å². The van der Waals surface area contributed by atoms with E-state index >= 15 is 0 Å². The van der Waals surface area contributed by atoms with Gasteiger partial charge in [-0.15, -0.1) is 0 Å². The summed E-state index contributed by atoms with van der Waals surface area (Å²) >= 11 is 0. The molecule has 1 aliphatic rings. The maximum absolute atomic E-state index is 12.1. The van der Waals surface area contributed by atoms with Gasteiger partial charge in [-0.25, -0.2) is 4.98 Å². The first-order chi connectivity index (χ1) is 8.83. The number of pyridine rings is 1. The number of fused-ring (bicyclic) bond motifs is 1. The van der Waals surface area contributed by atoms with Gasteiger partial charge < -0.3 is 10.6 Å². The zero-order chi connectivity index (χ0) is 12.4. The van der Waals surface area contributed by atoms with Gasteiger partial charge in [0.25, 0.3) is 5.91 Å². The number of H-pyrrole nitrogens is 1. The molecule has 1 amide bonds. The van der Waals surface area contributed by atoms with Crippen LogP contribution in [0.4, 0.5) is 0 Å². The fourth-order valence-corrected chi connectivity index (χ4v) is 2.20. The van der Waals surface area contributed by atoms with Gasteiger partial charge >= 0.3 is 0 Å². The lowest BCUT2D eigenvalue weighted by molar-refractivity contribution is 0.0929. The highest BCUT2D eigenvalue weighted by Gasteiger charge is 2.16. The molecule has 6 nitrogen and oxygen atoms in total. The van der Waals surface area contributed by atoms with Crippen LogP contribution in [0.15, 0.2) is 18.5 Å². The molecule has 94 valence electrons. The predicted molar refractivity (Wildman–Crippen MR) is 67.2 cm³/mol. The Morgan fingerprint density at radius 1 is 1.33 bits per heavy atom. The molecule has 0 radical (unpaired) electrons. The van der Waals surface area contributed by atoms with Crippen molar-refractivity contribution in [3.05, 3.63) is 24.0 Å². The van der Waals surface area contributed by atoms with Crippen LogP contribution in [0.25, 0.3) is 11.0 Å². The van der Waals surface area contributed by atoms with E-state index < -0.39 is 0 Å². The van der Waals surface area contributed by atoms with E-state index in [1.54, 1.807) is 12.4 Å². The van der Waals surface area contributed by atoms with Crippen molar-refractivity contribution in [3.8, 4) is 0 Å². The standard InChI is InChI=1S/C12H15N5O/c18-12(16-10-1-3-13-4-2-10)9-5-8-7-15-17-11(8)14-6-9/h5-7,10,13H,1-4H2,(H,16,18)(H,14,15,17). The van der Waals surface area contributed by atoms with Crippen molar-refractivity contribution in [1.82, 2.24) is 25.8 Å². The van der Waals surface area contributed by atoms with E-state index in [9.17, 15) is 4.79 Å². The average Bonchev–Trinajstić information content (AvgIpc) is 2.87. The normalized spacial score (nSPS) is 16.9. The number of hydrogen-bond donors (Lipinski definition) is 3. The number of rotatable bonds is 2. The van der Waals surface area contributed by atoms with Crippen molar-refractivity contribution >= 4 is 16.9 Å². The van der Waals surface area contributed by atoms with Gasteiger partial charge in [0.2, 0.25) is 0 Å². The zero-order valence-electron chi connectivity index (χ0n) is 9.94. The molecular formula is C12H15N5O. The van der Waals surface area contributed by atoms with E-state index in [2.05, 4.69) is 25.8 Å². The van der Waals surface area contributed by atoms with E-state index in [1.165, 1.54) is 0 Å². The zero-order valence-corrected chi connectivity index (χ0v) is 9.94. The largest absolute Gasteiger partial charge is 0.349 e. The second kappa shape index (κ2) is 4.73. The molecule has 0 spiro atoms. The summed E-state index contributed by atoms with van der Waals surface area (Å²) in [6.07, 6.45) is 5.21. The van der Waals surface area contributed by atoms with Gasteiger partial charge in [0.15, 0.2) is 5.65 Å². The Hall–Kier alpha value is -1.95. The van der Waals surface area contributed by atoms with Crippen molar-refractivity contribution < 1.29 is 4.79 Å². The Morgan fingerprint density at radius 3 is 3.00 bits per heavy atom. The molecular weight excluding hydrogens is 230 g/mol. The van der Waals surface area contributed by atoms with Gasteiger partial charge in [-0.2, -0.15) is 5.10 Å². The number of hydrogen-bond acceptors (Lipinski definition) is 4. The van der Waals surface area contributed by atoms with Crippen LogP contribution in [-0.4, -0.2) is 40.2 Å². The van der Waals surface area contributed by atoms with Crippen LogP contribution >= 0.6 is 0 Å². The van der Waals surface area contributed by atoms with Crippen molar-refractivity contribution in [3.63, 3.8) is 0 Å². The molecule has 0 saturated carbocycles. The highest BCUT2D eigenvalue weighted by Crippen LogP contribution is 2.10. The lowest BCUT2D eigenvalue weighted by Gasteiger charge is -2.23. The number of amides is 1. The van der Waals surface area contributed by atoms with E-state index in [1.807, 2.05) is 6.07 Å². The lowest BCUT2D eigenvalue weighted by Crippen LogP contribution is -2.42. The van der Waals surface area contributed by atoms with E-state index in [4.69, 9.17) is 0 Å². The van der Waals surface area contributed by atoms with Gasteiger partial charge in [0.1, 0.15) is 0 Å². The van der Waals surface area contributed by atoms with Crippen LogP contribution in [-0.2, 0) is 0 Å². The van der Waals surface area contributed by atoms with Crippen LogP contribution in [0.2, 0.25) is 0 Å². The third kappa shape index (κ3) is 2.19. The summed E-state index contributed by atoms with van der Waals surface area (Å²) in [5.41, 5.74) is 1.29. The average molecular weight is 245 g/mol. The van der Waals surface area contributed by atoms with Crippen LogP contribution in [0, 0.1) is 0 Å². The minimum atomic E-state index is -0.0579. The summed E-state index contributed by atoms with van der Waals surface area (Å²) in [5, 5.41) is 13.8. The summed E-state index contributed by atoms with van der Waals surface area (Å²) in [7, 11) is 0. The van der Waals surface area contributed by atoms with E-state index in [-0.39, 0.29) is 11.9 Å². The van der Waals surface area contributed by atoms with Gasteiger partial charge in [-0.05, 0) is 32.0 Å². The minimum absolute atomic E-state index is 0.0579. The topological polar surface area (TPSA) is 82.7 Å². The Balaban J connectivity index is 1.74. The maximum Gasteiger partial charge on any atom is 0.253 e. The maximum atomic E-state index is 12.1. The summed E-state index contributed by atoms with van der Waals surface area (Å²) in [6.45, 7) is 1.92. The second-order valence-corrected chi connectivity index (χ2v) is 4.53. The van der Waals surface area contributed by atoms with E-state index in [0.717, 1.165) is 31.3 Å². The number of aromatic amines is 1. The molecule has 0 aliphatic carbocycles. The Labute approximate surface area is 104 Å². The fourth-order valence-electron chi connectivity index (χ4n) is 2.20. The first kappa shape index (κ1) is 11.2. The highest BCUT2D eigenvalue weighted by molar-refractivity contribution is 5.96. The predicted octanol–water partition coefficient (Wildman–Crippen LogP) is 0.440. The SMILES string of the molecule is O=C(NC1CCNCC1)c1cnc2[nH]ncc2c1. The summed E-state index contributed by atoms with van der Waals surface area (Å²) in [5.74, 6) is -0.0579. The Kier molecular flexibility index (Phi) is 2.93. The smallest absolute Gasteiger partial charge is 0.253 e. The van der Waals surface area contributed by atoms with Gasteiger partial charge in [-0.1, -0.05) is 0 Å². The second-order valence-electron chi connectivity index (χ2n) is 4.53. The van der Waals surface area contributed by atoms with Crippen molar-refractivity contribution in [2.45, 2.75) is 18.9 Å². The molecule has 1 saturated heterocycles. The third-order valence-electron chi connectivity index (χ3n) is 3.23. The first-order valence-electron chi connectivity index (χ1n) is 6.13. The Morgan fingerprint density at radius 2 is 2.17 bits per heavy atom. The monoisotopic (exact) mass is 245 g/mol. The molecule has 0 aromatic carbocycles. The molecule has 0 bridgehead atoms. The van der Waals surface area contributed by atoms with Crippen molar-refractivity contribution in [1.29, 1.82) is 0 Å². The minimum Gasteiger partial charge on any atom is -0.349 e. The summed E-state index contributed by atoms with van der Waals surface area (Å²) in [4.78, 5) is 16.2. The number of aromatic nitrogens is 3. The quantitative estimate of drug-likeness (QED) is 0.717. The molecule has 3 heterocycles. The molecule has 2 aromatic rings. The number of carbonyl (C=O) groups excluding carboxylic acids is 1. The molecule has 3 N–H and O–H groups in total. The lowest BCUT2D eigenvalue weighted by atomic mass is 10.1.